The number of nitrogens with zero attached hydrogens (tertiary/aromatic N) is 1. The van der Waals surface area contributed by atoms with Crippen molar-refractivity contribution in [1.29, 1.82) is 0 Å². The van der Waals surface area contributed by atoms with Crippen LogP contribution in [0.1, 0.15) is 54.0 Å². The van der Waals surface area contributed by atoms with Crippen LogP contribution < -0.4 is 10.6 Å². The Morgan fingerprint density at radius 3 is 2.00 bits per heavy atom. The predicted molar refractivity (Wildman–Crippen MR) is 127 cm³/mol. The molecule has 0 bridgehead atoms. The summed E-state index contributed by atoms with van der Waals surface area (Å²) in [6, 6.07) is 7.97. The Kier molecular flexibility index (Phi) is 9.21. The molecule has 0 aliphatic carbocycles. The Morgan fingerprint density at radius 2 is 1.56 bits per heavy atom. The minimum atomic E-state index is -1.03. The summed E-state index contributed by atoms with van der Waals surface area (Å²) in [4.78, 5) is 39.4. The molecule has 1 rings (SSSR count). The summed E-state index contributed by atoms with van der Waals surface area (Å²) in [5, 5.41) is 15.2. The van der Waals surface area contributed by atoms with E-state index in [1.165, 1.54) is 17.9 Å². The molecule has 0 aliphatic heterocycles. The van der Waals surface area contributed by atoms with Gasteiger partial charge in [0.15, 0.2) is 0 Å². The molecule has 0 radical (unpaired) electrons. The first-order chi connectivity index (χ1) is 14.6. The van der Waals surface area contributed by atoms with Gasteiger partial charge in [0.1, 0.15) is 6.04 Å². The monoisotopic (exact) mass is 445 g/mol. The van der Waals surface area contributed by atoms with Gasteiger partial charge in [-0.1, -0.05) is 71.0 Å². The van der Waals surface area contributed by atoms with Gasteiger partial charge >= 0.3 is 5.97 Å². The van der Waals surface area contributed by atoms with E-state index in [2.05, 4.69) is 10.6 Å². The van der Waals surface area contributed by atoms with Crippen molar-refractivity contribution in [3.63, 3.8) is 0 Å². The lowest BCUT2D eigenvalue weighted by Crippen LogP contribution is -2.61. The number of rotatable bonds is 9. The average Bonchev–Trinajstić information content (AvgIpc) is 2.70. The maximum absolute atomic E-state index is 13.4. The third-order valence-corrected chi connectivity index (χ3v) is 5.98. The number of hydrogen-bond acceptors (Lipinski definition) is 4. The Balaban J connectivity index is 3.18. The molecule has 32 heavy (non-hydrogen) atoms. The van der Waals surface area contributed by atoms with Crippen molar-refractivity contribution < 1.29 is 19.5 Å². The van der Waals surface area contributed by atoms with Gasteiger partial charge in [-0.3, -0.25) is 9.59 Å². The van der Waals surface area contributed by atoms with Crippen LogP contribution in [-0.2, 0) is 19.8 Å². The summed E-state index contributed by atoms with van der Waals surface area (Å²) >= 11 is 0. The average molecular weight is 446 g/mol. The van der Waals surface area contributed by atoms with Gasteiger partial charge in [-0.05, 0) is 31.9 Å². The van der Waals surface area contributed by atoms with E-state index in [1.54, 1.807) is 21.0 Å². The van der Waals surface area contributed by atoms with Crippen LogP contribution in [0.3, 0.4) is 0 Å². The number of nitrogens with one attached hydrogen (secondary N) is 2. The number of carboxylic acid groups (broad SMARTS) is 1. The summed E-state index contributed by atoms with van der Waals surface area (Å²) in [6.45, 7) is 12.9. The number of likely N-dealkylation sites (N-methyl/N-ethyl adjacent to an activating group) is 2. The van der Waals surface area contributed by atoms with Crippen LogP contribution in [0.4, 0.5) is 0 Å². The van der Waals surface area contributed by atoms with Crippen LogP contribution in [-0.4, -0.2) is 60.0 Å². The summed E-state index contributed by atoms with van der Waals surface area (Å²) < 4.78 is 0. The van der Waals surface area contributed by atoms with Crippen molar-refractivity contribution in [3.8, 4) is 0 Å². The molecule has 0 saturated carbocycles. The fourth-order valence-electron chi connectivity index (χ4n) is 3.68. The Bertz CT molecular complexity index is 840. The third-order valence-electron chi connectivity index (χ3n) is 5.98. The molecular weight excluding hydrogens is 406 g/mol. The molecule has 2 amide bonds. The first-order valence-electron chi connectivity index (χ1n) is 10.9. The van der Waals surface area contributed by atoms with E-state index < -0.39 is 34.9 Å². The first kappa shape index (κ1) is 27.4. The SMILES string of the molecule is CNC(C(=O)N[C@H](C(=O)N(C)[C@@H](C)/C=C(\C)C(=O)O)C(C)(C)C)C(C)(C)c1ccccc1. The number of benzene rings is 1. The van der Waals surface area contributed by atoms with E-state index in [9.17, 15) is 14.4 Å². The lowest BCUT2D eigenvalue weighted by atomic mass is 9.76. The number of aliphatic carboxylic acids is 1. The lowest BCUT2D eigenvalue weighted by molar-refractivity contribution is -0.140. The maximum Gasteiger partial charge on any atom is 0.331 e. The van der Waals surface area contributed by atoms with E-state index in [4.69, 9.17) is 5.11 Å². The minimum absolute atomic E-state index is 0.161. The smallest absolute Gasteiger partial charge is 0.331 e. The quantitative estimate of drug-likeness (QED) is 0.508. The molecule has 0 aliphatic rings. The second-order valence-electron chi connectivity index (χ2n) is 9.96. The molecule has 7 heteroatoms. The first-order valence-corrected chi connectivity index (χ1v) is 10.9. The molecule has 1 aromatic rings. The van der Waals surface area contributed by atoms with Gasteiger partial charge < -0.3 is 20.6 Å². The molecule has 1 unspecified atom stereocenters. The number of carbonyl (C=O) groups excluding carboxylic acids is 2. The molecule has 3 atom stereocenters. The zero-order chi connectivity index (χ0) is 24.9. The molecule has 178 valence electrons. The summed E-state index contributed by atoms with van der Waals surface area (Å²) in [5.74, 6) is -1.58. The number of amides is 2. The zero-order valence-corrected chi connectivity index (χ0v) is 20.8. The van der Waals surface area contributed by atoms with Crippen LogP contribution in [0.25, 0.3) is 0 Å². The maximum atomic E-state index is 13.4. The number of carbonyl (C=O) groups is 3. The topological polar surface area (TPSA) is 98.7 Å². The highest BCUT2D eigenvalue weighted by molar-refractivity contribution is 5.91. The highest BCUT2D eigenvalue weighted by Crippen LogP contribution is 2.28. The number of hydrogen-bond donors (Lipinski definition) is 3. The van der Waals surface area contributed by atoms with E-state index in [0.717, 1.165) is 5.56 Å². The van der Waals surface area contributed by atoms with Crippen LogP contribution in [0, 0.1) is 5.41 Å². The molecule has 0 heterocycles. The van der Waals surface area contributed by atoms with Crippen LogP contribution in [0.5, 0.6) is 0 Å². The molecule has 3 N–H and O–H groups in total. The van der Waals surface area contributed by atoms with Crippen LogP contribution in [0.15, 0.2) is 42.0 Å². The third kappa shape index (κ3) is 6.66. The lowest BCUT2D eigenvalue weighted by Gasteiger charge is -2.38. The van der Waals surface area contributed by atoms with Crippen LogP contribution >= 0.6 is 0 Å². The van der Waals surface area contributed by atoms with E-state index in [1.807, 2.05) is 65.0 Å². The number of carboxylic acids is 1. The van der Waals surface area contributed by atoms with Gasteiger partial charge in [0.05, 0.1) is 6.04 Å². The van der Waals surface area contributed by atoms with Crippen molar-refractivity contribution in [2.45, 2.75) is 72.0 Å². The zero-order valence-electron chi connectivity index (χ0n) is 20.8. The second kappa shape index (κ2) is 10.8. The Hall–Kier alpha value is -2.67. The van der Waals surface area contributed by atoms with Crippen LogP contribution in [0.2, 0.25) is 0 Å². The molecule has 0 saturated heterocycles. The Morgan fingerprint density at radius 1 is 1.03 bits per heavy atom. The van der Waals surface area contributed by atoms with E-state index >= 15 is 0 Å². The highest BCUT2D eigenvalue weighted by Gasteiger charge is 2.41. The van der Waals surface area contributed by atoms with Gasteiger partial charge in [0.25, 0.3) is 0 Å². The van der Waals surface area contributed by atoms with Gasteiger partial charge in [-0.25, -0.2) is 4.79 Å². The molecular formula is C25H39N3O4. The van der Waals surface area contributed by atoms with Gasteiger partial charge in [-0.2, -0.15) is 0 Å². The summed E-state index contributed by atoms with van der Waals surface area (Å²) in [6.07, 6.45) is 1.52. The molecule has 1 aromatic carbocycles. The molecule has 0 spiro atoms. The molecule has 0 aromatic heterocycles. The van der Waals surface area contributed by atoms with Crippen molar-refractivity contribution in [1.82, 2.24) is 15.5 Å². The van der Waals surface area contributed by atoms with Crippen molar-refractivity contribution in [2.75, 3.05) is 14.1 Å². The standard InChI is InChI=1S/C25H39N3O4/c1-16(23(31)32)15-17(2)28(9)22(30)20(24(3,4)5)27-21(29)19(26-8)25(6,7)18-13-11-10-12-14-18/h10-15,17,19-20,26H,1-9H3,(H,27,29)(H,31,32)/b16-15+/t17-,19?,20+/m0/s1. The highest BCUT2D eigenvalue weighted by atomic mass is 16.4. The van der Waals surface area contributed by atoms with Gasteiger partial charge in [0, 0.05) is 24.1 Å². The Labute approximate surface area is 192 Å². The van der Waals surface area contributed by atoms with Crippen molar-refractivity contribution in [3.05, 3.63) is 47.5 Å². The van der Waals surface area contributed by atoms with Gasteiger partial charge in [-0.15, -0.1) is 0 Å². The molecule has 0 fully saturated rings. The van der Waals surface area contributed by atoms with Crippen molar-refractivity contribution in [2.24, 2.45) is 5.41 Å². The molecule has 7 nitrogen and oxygen atoms in total. The van der Waals surface area contributed by atoms with Gasteiger partial charge in [0.2, 0.25) is 11.8 Å². The largest absolute Gasteiger partial charge is 0.478 e. The predicted octanol–water partition coefficient (Wildman–Crippen LogP) is 2.96. The summed E-state index contributed by atoms with van der Waals surface area (Å²) in [7, 11) is 3.35. The van der Waals surface area contributed by atoms with Crippen molar-refractivity contribution >= 4 is 17.8 Å². The summed E-state index contributed by atoms with van der Waals surface area (Å²) in [5.41, 5.74) is 0.0922. The second-order valence-corrected chi connectivity index (χ2v) is 9.96. The van der Waals surface area contributed by atoms with E-state index in [0.29, 0.717) is 0 Å². The van der Waals surface area contributed by atoms with E-state index in [-0.39, 0.29) is 17.4 Å². The fourth-order valence-corrected chi connectivity index (χ4v) is 3.68. The normalized spacial score (nSPS) is 15.5. The fraction of sp³-hybridized carbons (Fsp3) is 0.560. The minimum Gasteiger partial charge on any atom is -0.478 e.